The maximum Gasteiger partial charge on any atom is 0.406 e. The fraction of sp³-hybridized carbons (Fsp3) is 0.800. The zero-order valence-corrected chi connectivity index (χ0v) is 9.90. The molecule has 0 aromatic rings. The van der Waals surface area contributed by atoms with Gasteiger partial charge in [0.1, 0.15) is 12.6 Å². The Bertz CT molecular complexity index is 333. The van der Waals surface area contributed by atoms with Gasteiger partial charge in [-0.1, -0.05) is 0 Å². The van der Waals surface area contributed by atoms with Crippen LogP contribution in [0.4, 0.5) is 18.0 Å². The second kappa shape index (κ2) is 5.45. The number of urea groups is 1. The van der Waals surface area contributed by atoms with Crippen molar-refractivity contribution < 1.29 is 27.9 Å². The van der Waals surface area contributed by atoms with Gasteiger partial charge in [0.25, 0.3) is 0 Å². The molecule has 104 valence electrons. The number of hydrogen-bond acceptors (Lipinski definition) is 2. The molecule has 18 heavy (non-hydrogen) atoms. The predicted octanol–water partition coefficient (Wildman–Crippen LogP) is 1.54. The Balaban J connectivity index is 2.74. The van der Waals surface area contributed by atoms with Crippen molar-refractivity contribution in [1.82, 2.24) is 9.80 Å². The van der Waals surface area contributed by atoms with Crippen LogP contribution in [-0.4, -0.2) is 58.8 Å². The molecule has 1 rings (SSSR count). The Morgan fingerprint density at radius 3 is 2.50 bits per heavy atom. The van der Waals surface area contributed by atoms with Gasteiger partial charge in [-0.05, 0) is 19.8 Å². The number of carbonyl (C=O) groups excluding carboxylic acids is 1. The number of rotatable bonds is 3. The normalized spacial score (nSPS) is 20.0. The standard InChI is InChI=1S/C10H15F3N2O3/c1-2-14(6-10(11,12)13)9(18)15-5-3-4-7(15)8(16)17/h7H,2-6H2,1H3,(H,16,17)/t7-/m1/s1. The molecular weight excluding hydrogens is 253 g/mol. The van der Waals surface area contributed by atoms with Crippen molar-refractivity contribution in [1.29, 1.82) is 0 Å². The summed E-state index contributed by atoms with van der Waals surface area (Å²) >= 11 is 0. The number of aliphatic carboxylic acids is 1. The first-order valence-electron chi connectivity index (χ1n) is 5.61. The number of nitrogens with zero attached hydrogens (tertiary/aromatic N) is 2. The molecule has 0 aliphatic carbocycles. The zero-order chi connectivity index (χ0) is 13.9. The number of carbonyl (C=O) groups is 2. The van der Waals surface area contributed by atoms with E-state index in [2.05, 4.69) is 0 Å². The number of carboxylic acids is 1. The minimum absolute atomic E-state index is 0.110. The molecule has 0 aromatic carbocycles. The molecule has 8 heteroatoms. The first-order valence-corrected chi connectivity index (χ1v) is 5.61. The van der Waals surface area contributed by atoms with E-state index in [9.17, 15) is 22.8 Å². The van der Waals surface area contributed by atoms with Gasteiger partial charge >= 0.3 is 18.2 Å². The van der Waals surface area contributed by atoms with E-state index in [0.29, 0.717) is 11.3 Å². The van der Waals surface area contributed by atoms with E-state index < -0.39 is 30.8 Å². The van der Waals surface area contributed by atoms with E-state index in [-0.39, 0.29) is 19.5 Å². The molecule has 1 heterocycles. The van der Waals surface area contributed by atoms with E-state index in [0.717, 1.165) is 4.90 Å². The van der Waals surface area contributed by atoms with Crippen LogP contribution in [0.1, 0.15) is 19.8 Å². The molecule has 0 bridgehead atoms. The molecule has 1 saturated heterocycles. The molecule has 1 N–H and O–H groups in total. The summed E-state index contributed by atoms with van der Waals surface area (Å²) in [4.78, 5) is 24.3. The number of halogens is 3. The van der Waals surface area contributed by atoms with E-state index in [4.69, 9.17) is 5.11 Å². The predicted molar refractivity (Wildman–Crippen MR) is 56.1 cm³/mol. The van der Waals surface area contributed by atoms with Gasteiger partial charge < -0.3 is 14.9 Å². The average molecular weight is 268 g/mol. The van der Waals surface area contributed by atoms with Crippen molar-refractivity contribution in [3.8, 4) is 0 Å². The maximum atomic E-state index is 12.3. The molecule has 1 atom stereocenters. The van der Waals surface area contributed by atoms with Crippen LogP contribution in [0.2, 0.25) is 0 Å². The van der Waals surface area contributed by atoms with Crippen molar-refractivity contribution in [3.05, 3.63) is 0 Å². The highest BCUT2D eigenvalue weighted by Crippen LogP contribution is 2.22. The van der Waals surface area contributed by atoms with E-state index in [1.807, 2.05) is 0 Å². The average Bonchev–Trinajstić information content (AvgIpc) is 2.72. The Labute approximate surface area is 102 Å². The maximum absolute atomic E-state index is 12.3. The van der Waals surface area contributed by atoms with E-state index >= 15 is 0 Å². The molecule has 1 fully saturated rings. The molecule has 1 aliphatic heterocycles. The molecule has 5 nitrogen and oxygen atoms in total. The summed E-state index contributed by atoms with van der Waals surface area (Å²) in [6.45, 7) is 0.145. The number of hydrogen-bond donors (Lipinski definition) is 1. The lowest BCUT2D eigenvalue weighted by molar-refractivity contribution is -0.143. The highest BCUT2D eigenvalue weighted by molar-refractivity contribution is 5.83. The Kier molecular flexibility index (Phi) is 4.42. The SMILES string of the molecule is CCN(CC(F)(F)F)C(=O)N1CCC[C@@H]1C(=O)O. The van der Waals surface area contributed by atoms with Gasteiger partial charge in [0, 0.05) is 13.1 Å². The van der Waals surface area contributed by atoms with Crippen molar-refractivity contribution >= 4 is 12.0 Å². The third-order valence-electron chi connectivity index (χ3n) is 2.81. The lowest BCUT2D eigenvalue weighted by atomic mass is 10.2. The van der Waals surface area contributed by atoms with Crippen LogP contribution in [0.3, 0.4) is 0 Å². The Morgan fingerprint density at radius 1 is 1.44 bits per heavy atom. The van der Waals surface area contributed by atoms with Crippen LogP contribution in [0.15, 0.2) is 0 Å². The summed E-state index contributed by atoms with van der Waals surface area (Å²) in [5, 5.41) is 8.88. The van der Waals surface area contributed by atoms with Crippen molar-refractivity contribution in [3.63, 3.8) is 0 Å². The van der Waals surface area contributed by atoms with Gasteiger partial charge in [-0.3, -0.25) is 0 Å². The molecule has 1 aliphatic rings. The van der Waals surface area contributed by atoms with Gasteiger partial charge in [0.2, 0.25) is 0 Å². The molecule has 2 amide bonds. The minimum atomic E-state index is -4.48. The van der Waals surface area contributed by atoms with E-state index in [1.54, 1.807) is 0 Å². The summed E-state index contributed by atoms with van der Waals surface area (Å²) in [7, 11) is 0. The lowest BCUT2D eigenvalue weighted by Crippen LogP contribution is -2.50. The topological polar surface area (TPSA) is 60.9 Å². The second-order valence-electron chi connectivity index (χ2n) is 4.10. The molecule has 0 saturated carbocycles. The molecular formula is C10H15F3N2O3. The van der Waals surface area contributed by atoms with Crippen LogP contribution in [0, 0.1) is 0 Å². The van der Waals surface area contributed by atoms with Gasteiger partial charge in [-0.25, -0.2) is 9.59 Å². The van der Waals surface area contributed by atoms with Gasteiger partial charge in [0.05, 0.1) is 0 Å². The highest BCUT2D eigenvalue weighted by Gasteiger charge is 2.39. The van der Waals surface area contributed by atoms with Gasteiger partial charge in [0.15, 0.2) is 0 Å². The van der Waals surface area contributed by atoms with Crippen molar-refractivity contribution in [2.24, 2.45) is 0 Å². The number of carboxylic acid groups (broad SMARTS) is 1. The number of likely N-dealkylation sites (tertiary alicyclic amines) is 1. The smallest absolute Gasteiger partial charge is 0.406 e. The van der Waals surface area contributed by atoms with Crippen LogP contribution in [0.5, 0.6) is 0 Å². The minimum Gasteiger partial charge on any atom is -0.480 e. The monoisotopic (exact) mass is 268 g/mol. The van der Waals surface area contributed by atoms with Crippen LogP contribution < -0.4 is 0 Å². The molecule has 0 spiro atoms. The van der Waals surface area contributed by atoms with Gasteiger partial charge in [-0.15, -0.1) is 0 Å². The number of amides is 2. The Hall–Kier alpha value is -1.47. The highest BCUT2D eigenvalue weighted by atomic mass is 19.4. The Morgan fingerprint density at radius 2 is 2.06 bits per heavy atom. The summed E-state index contributed by atoms with van der Waals surface area (Å²) in [5.41, 5.74) is 0. The largest absolute Gasteiger partial charge is 0.480 e. The molecule has 0 aromatic heterocycles. The van der Waals surface area contributed by atoms with Crippen LogP contribution in [0.25, 0.3) is 0 Å². The van der Waals surface area contributed by atoms with Crippen LogP contribution in [-0.2, 0) is 4.79 Å². The fourth-order valence-corrected chi connectivity index (χ4v) is 1.97. The molecule has 0 radical (unpaired) electrons. The quantitative estimate of drug-likeness (QED) is 0.844. The number of alkyl halides is 3. The van der Waals surface area contributed by atoms with E-state index in [1.165, 1.54) is 6.92 Å². The molecule has 0 unspecified atom stereocenters. The summed E-state index contributed by atoms with van der Waals surface area (Å²) in [5.74, 6) is -1.18. The summed E-state index contributed by atoms with van der Waals surface area (Å²) < 4.78 is 36.8. The summed E-state index contributed by atoms with van der Waals surface area (Å²) in [6, 6.07) is -1.88. The first kappa shape index (κ1) is 14.6. The van der Waals surface area contributed by atoms with Gasteiger partial charge in [-0.2, -0.15) is 13.2 Å². The summed E-state index contributed by atoms with van der Waals surface area (Å²) in [6.07, 6.45) is -3.71. The van der Waals surface area contributed by atoms with Crippen LogP contribution >= 0.6 is 0 Å². The second-order valence-corrected chi connectivity index (χ2v) is 4.10. The zero-order valence-electron chi connectivity index (χ0n) is 9.90. The fourth-order valence-electron chi connectivity index (χ4n) is 1.97. The lowest BCUT2D eigenvalue weighted by Gasteiger charge is -2.30. The third-order valence-corrected chi connectivity index (χ3v) is 2.81. The van der Waals surface area contributed by atoms with Crippen molar-refractivity contribution in [2.45, 2.75) is 32.0 Å². The third kappa shape index (κ3) is 3.51. The van der Waals surface area contributed by atoms with Crippen molar-refractivity contribution in [2.75, 3.05) is 19.6 Å². The first-order chi connectivity index (χ1) is 8.26.